The van der Waals surface area contributed by atoms with Crippen molar-refractivity contribution in [2.45, 2.75) is 6.54 Å². The van der Waals surface area contributed by atoms with Gasteiger partial charge in [-0.15, -0.1) is 0 Å². The number of H-pyrrole nitrogens is 1. The molecule has 0 bridgehead atoms. The summed E-state index contributed by atoms with van der Waals surface area (Å²) in [5.74, 6) is -0.221. The highest BCUT2D eigenvalue weighted by molar-refractivity contribution is 6.10. The Bertz CT molecular complexity index is 1080. The summed E-state index contributed by atoms with van der Waals surface area (Å²) >= 11 is 0. The van der Waals surface area contributed by atoms with Crippen LogP contribution in [-0.2, 0) is 6.54 Å². The molecule has 0 aliphatic heterocycles. The Labute approximate surface area is 157 Å². The molecule has 0 saturated heterocycles. The van der Waals surface area contributed by atoms with Crippen LogP contribution in [0.2, 0.25) is 0 Å². The van der Waals surface area contributed by atoms with E-state index in [9.17, 15) is 4.79 Å². The van der Waals surface area contributed by atoms with E-state index in [0.29, 0.717) is 11.3 Å². The van der Waals surface area contributed by atoms with Crippen LogP contribution in [0.4, 0.5) is 5.69 Å². The first-order valence-corrected chi connectivity index (χ1v) is 8.66. The minimum Gasteiger partial charge on any atom is -0.359 e. The van der Waals surface area contributed by atoms with E-state index in [2.05, 4.69) is 28.9 Å². The fourth-order valence-corrected chi connectivity index (χ4v) is 3.10. The van der Waals surface area contributed by atoms with Gasteiger partial charge in [-0.3, -0.25) is 4.79 Å². The number of para-hydroxylation sites is 1. The molecule has 27 heavy (non-hydrogen) atoms. The molecule has 2 heterocycles. The number of nitrogens with one attached hydrogen (secondary N) is 1. The predicted octanol–water partition coefficient (Wildman–Crippen LogP) is 3.77. The third-order valence-corrected chi connectivity index (χ3v) is 4.48. The van der Waals surface area contributed by atoms with Gasteiger partial charge in [-0.2, -0.15) is 10.1 Å². The summed E-state index contributed by atoms with van der Waals surface area (Å²) < 4.78 is 2.03. The van der Waals surface area contributed by atoms with E-state index < -0.39 is 0 Å². The molecule has 4 aromatic rings. The topological polar surface area (TPSA) is 52.3 Å². The molecule has 5 nitrogen and oxygen atoms in total. The summed E-state index contributed by atoms with van der Waals surface area (Å²) in [4.78, 5) is 16.1. The lowest BCUT2D eigenvalue weighted by molar-refractivity contribution is -0.688. The number of carbonyl (C=O) groups is 1. The Morgan fingerprint density at radius 1 is 1.00 bits per heavy atom. The fourth-order valence-electron chi connectivity index (χ4n) is 3.10. The van der Waals surface area contributed by atoms with E-state index in [1.54, 1.807) is 18.3 Å². The highest BCUT2D eigenvalue weighted by Gasteiger charge is 2.20. The minimum absolute atomic E-state index is 0.221. The Balaban J connectivity index is 1.58. The van der Waals surface area contributed by atoms with Crippen molar-refractivity contribution in [3.8, 4) is 0 Å². The lowest BCUT2D eigenvalue weighted by atomic mass is 10.2. The minimum atomic E-state index is -0.221. The molecular formula is C22H19N4O+. The normalized spacial score (nSPS) is 10.7. The van der Waals surface area contributed by atoms with Gasteiger partial charge in [0.25, 0.3) is 5.91 Å². The number of anilines is 1. The van der Waals surface area contributed by atoms with E-state index in [4.69, 9.17) is 0 Å². The highest BCUT2D eigenvalue weighted by atomic mass is 16.2. The molecule has 0 saturated carbocycles. The average molecular weight is 355 g/mol. The number of benzene rings is 2. The van der Waals surface area contributed by atoms with Gasteiger partial charge in [-0.1, -0.05) is 48.5 Å². The van der Waals surface area contributed by atoms with Gasteiger partial charge in [0.1, 0.15) is 0 Å². The zero-order chi connectivity index (χ0) is 18.6. The molecule has 0 spiro atoms. The SMILES string of the molecule is C=NN(C(=O)c1cc[n+](Cc2ccccc2)cc1)c1c[nH]c2ccccc12. The van der Waals surface area contributed by atoms with Crippen LogP contribution in [0.1, 0.15) is 15.9 Å². The molecule has 5 heteroatoms. The number of hydrazone groups is 1. The van der Waals surface area contributed by atoms with Crippen LogP contribution in [0.3, 0.4) is 0 Å². The number of nitrogens with zero attached hydrogens (tertiary/aromatic N) is 3. The van der Waals surface area contributed by atoms with Crippen LogP contribution in [0.5, 0.6) is 0 Å². The summed E-state index contributed by atoms with van der Waals surface area (Å²) in [5, 5.41) is 6.21. The van der Waals surface area contributed by atoms with Crippen molar-refractivity contribution in [1.29, 1.82) is 0 Å². The monoisotopic (exact) mass is 355 g/mol. The van der Waals surface area contributed by atoms with E-state index >= 15 is 0 Å². The van der Waals surface area contributed by atoms with Gasteiger partial charge in [-0.05, 0) is 6.07 Å². The first kappa shape index (κ1) is 16.7. The maximum Gasteiger partial charge on any atom is 0.279 e. The van der Waals surface area contributed by atoms with Crippen molar-refractivity contribution in [2.75, 3.05) is 5.01 Å². The second-order valence-corrected chi connectivity index (χ2v) is 6.22. The van der Waals surface area contributed by atoms with Gasteiger partial charge >= 0.3 is 0 Å². The van der Waals surface area contributed by atoms with E-state index in [0.717, 1.165) is 17.4 Å². The lowest BCUT2D eigenvalue weighted by Gasteiger charge is -2.15. The molecule has 4 rings (SSSR count). The molecule has 0 aliphatic carbocycles. The van der Waals surface area contributed by atoms with Crippen molar-refractivity contribution in [3.05, 3.63) is 96.4 Å². The maximum absolute atomic E-state index is 13.0. The largest absolute Gasteiger partial charge is 0.359 e. The summed E-state index contributed by atoms with van der Waals surface area (Å²) in [7, 11) is 0. The average Bonchev–Trinajstić information content (AvgIpc) is 3.14. The first-order valence-electron chi connectivity index (χ1n) is 8.66. The van der Waals surface area contributed by atoms with Crippen LogP contribution in [0, 0.1) is 0 Å². The van der Waals surface area contributed by atoms with Crippen LogP contribution < -0.4 is 9.58 Å². The van der Waals surface area contributed by atoms with Gasteiger partial charge in [0.2, 0.25) is 0 Å². The molecule has 0 atom stereocenters. The Morgan fingerprint density at radius 2 is 1.70 bits per heavy atom. The number of hydrogen-bond acceptors (Lipinski definition) is 2. The van der Waals surface area contributed by atoms with Gasteiger partial charge in [0.05, 0.1) is 11.3 Å². The van der Waals surface area contributed by atoms with Gasteiger partial charge in [0.15, 0.2) is 18.9 Å². The number of fused-ring (bicyclic) bond motifs is 1. The number of amides is 1. The molecule has 0 fully saturated rings. The second kappa shape index (κ2) is 7.25. The summed E-state index contributed by atoms with van der Waals surface area (Å²) in [5.41, 5.74) is 3.39. The van der Waals surface area contributed by atoms with Crippen LogP contribution in [0.15, 0.2) is 90.4 Å². The van der Waals surface area contributed by atoms with Gasteiger partial charge < -0.3 is 4.98 Å². The molecule has 0 radical (unpaired) electrons. The molecule has 2 aromatic heterocycles. The van der Waals surface area contributed by atoms with Crippen molar-refractivity contribution < 1.29 is 9.36 Å². The number of carbonyl (C=O) groups excluding carboxylic acids is 1. The van der Waals surface area contributed by atoms with E-state index in [1.165, 1.54) is 10.6 Å². The van der Waals surface area contributed by atoms with E-state index in [1.807, 2.05) is 59.4 Å². The van der Waals surface area contributed by atoms with Crippen molar-refractivity contribution in [1.82, 2.24) is 4.98 Å². The molecule has 0 unspecified atom stereocenters. The number of aromatic nitrogens is 2. The third kappa shape index (κ3) is 3.35. The van der Waals surface area contributed by atoms with Crippen LogP contribution in [0.25, 0.3) is 10.9 Å². The number of aromatic amines is 1. The third-order valence-electron chi connectivity index (χ3n) is 4.48. The summed E-state index contributed by atoms with van der Waals surface area (Å²) in [6, 6.07) is 21.6. The van der Waals surface area contributed by atoms with Crippen LogP contribution in [-0.4, -0.2) is 17.6 Å². The molecule has 1 N–H and O–H groups in total. The zero-order valence-corrected chi connectivity index (χ0v) is 14.7. The highest BCUT2D eigenvalue weighted by Crippen LogP contribution is 2.27. The Morgan fingerprint density at radius 3 is 2.44 bits per heavy atom. The van der Waals surface area contributed by atoms with Gasteiger partial charge in [0, 0.05) is 41.5 Å². The fraction of sp³-hybridized carbons (Fsp3) is 0.0455. The number of rotatable bonds is 5. The number of hydrogen-bond donors (Lipinski definition) is 1. The summed E-state index contributed by atoms with van der Waals surface area (Å²) in [6.07, 6.45) is 5.57. The lowest BCUT2D eigenvalue weighted by Crippen LogP contribution is -2.34. The summed E-state index contributed by atoms with van der Waals surface area (Å²) in [6.45, 7) is 4.33. The smallest absolute Gasteiger partial charge is 0.279 e. The molecule has 1 amide bonds. The van der Waals surface area contributed by atoms with Crippen LogP contribution >= 0.6 is 0 Å². The van der Waals surface area contributed by atoms with Crippen molar-refractivity contribution >= 4 is 29.2 Å². The maximum atomic E-state index is 13.0. The zero-order valence-electron chi connectivity index (χ0n) is 14.7. The predicted molar refractivity (Wildman–Crippen MR) is 107 cm³/mol. The Hall–Kier alpha value is -3.73. The first-order chi connectivity index (χ1) is 13.3. The van der Waals surface area contributed by atoms with Crippen molar-refractivity contribution in [2.24, 2.45) is 5.10 Å². The molecule has 0 aliphatic rings. The standard InChI is InChI=1S/C22H18N4O/c1-23-26(21-15-24-20-10-6-5-9-19(20)21)22(27)18-11-13-25(14-12-18)16-17-7-3-2-4-8-17/h2-15H,1,16H2/p+1. The molecular weight excluding hydrogens is 336 g/mol. The second-order valence-electron chi connectivity index (χ2n) is 6.22. The molecule has 132 valence electrons. The van der Waals surface area contributed by atoms with Gasteiger partial charge in [-0.25, -0.2) is 4.57 Å². The Kier molecular flexibility index (Phi) is 4.49. The molecule has 2 aromatic carbocycles. The quantitative estimate of drug-likeness (QED) is 0.331. The van der Waals surface area contributed by atoms with E-state index in [-0.39, 0.29) is 5.91 Å². The number of pyridine rings is 1. The van der Waals surface area contributed by atoms with Crippen molar-refractivity contribution in [3.63, 3.8) is 0 Å².